The van der Waals surface area contributed by atoms with Gasteiger partial charge < -0.3 is 5.32 Å². The van der Waals surface area contributed by atoms with Crippen LogP contribution < -0.4 is 5.32 Å². The lowest BCUT2D eigenvalue weighted by Crippen LogP contribution is -2.19. The number of nitrogens with one attached hydrogen (secondary N) is 1. The van der Waals surface area contributed by atoms with Crippen LogP contribution in [0.4, 0.5) is 5.69 Å². The highest BCUT2D eigenvalue weighted by Gasteiger charge is 2.18. The lowest BCUT2D eigenvalue weighted by molar-refractivity contribution is 0.102. The molecule has 0 aliphatic carbocycles. The van der Waals surface area contributed by atoms with Crippen molar-refractivity contribution in [3.05, 3.63) is 65.7 Å². The summed E-state index contributed by atoms with van der Waals surface area (Å²) in [7, 11) is -1.29. The van der Waals surface area contributed by atoms with Crippen molar-refractivity contribution < 1.29 is 9.00 Å². The summed E-state index contributed by atoms with van der Waals surface area (Å²) in [4.78, 5) is 12.1. The van der Waals surface area contributed by atoms with Crippen LogP contribution in [0.15, 0.2) is 59.0 Å². The topological polar surface area (TPSA) is 58.5 Å². The van der Waals surface area contributed by atoms with Crippen molar-refractivity contribution in [3.63, 3.8) is 0 Å². The molecule has 0 spiro atoms. The molecule has 0 fully saturated rings. The third kappa shape index (κ3) is 5.14. The summed E-state index contributed by atoms with van der Waals surface area (Å²) < 4.78 is 15.5. The number of hydrogen-bond acceptors (Lipinski definition) is 2. The molecule has 4 nitrogen and oxygen atoms in total. The molecule has 1 N–H and O–H groups in total. The molecule has 0 radical (unpaired) electrons. The van der Waals surface area contributed by atoms with Crippen molar-refractivity contribution in [2.75, 3.05) is 5.32 Å². The molecular formula is C18H20N2O2S. The first-order chi connectivity index (χ1) is 10.9. The molecule has 0 aromatic heterocycles. The minimum absolute atomic E-state index is 0.169. The van der Waals surface area contributed by atoms with Crippen molar-refractivity contribution in [2.45, 2.75) is 25.5 Å². The van der Waals surface area contributed by atoms with Crippen molar-refractivity contribution in [1.29, 1.82) is 0 Å². The number of carbonyl (C=O) groups excluding carboxylic acids is 1. The highest BCUT2D eigenvalue weighted by atomic mass is 32.2. The predicted octanol–water partition coefficient (Wildman–Crippen LogP) is 3.82. The molecule has 0 bridgehead atoms. The van der Waals surface area contributed by atoms with Gasteiger partial charge in [-0.1, -0.05) is 30.3 Å². The Hall–Kier alpha value is -2.27. The van der Waals surface area contributed by atoms with Gasteiger partial charge in [0.25, 0.3) is 5.91 Å². The second kappa shape index (κ2) is 7.33. The van der Waals surface area contributed by atoms with Crippen molar-refractivity contribution in [3.8, 4) is 0 Å². The molecule has 0 saturated carbocycles. The van der Waals surface area contributed by atoms with E-state index >= 15 is 0 Å². The van der Waals surface area contributed by atoms with Crippen LogP contribution in [-0.4, -0.2) is 21.1 Å². The monoisotopic (exact) mass is 328 g/mol. The lowest BCUT2D eigenvalue weighted by Gasteiger charge is -2.12. The summed E-state index contributed by atoms with van der Waals surface area (Å²) >= 11 is 0. The van der Waals surface area contributed by atoms with Gasteiger partial charge >= 0.3 is 0 Å². The molecule has 0 aliphatic rings. The van der Waals surface area contributed by atoms with Gasteiger partial charge in [0.1, 0.15) is 11.0 Å². The van der Waals surface area contributed by atoms with Crippen molar-refractivity contribution in [1.82, 2.24) is 0 Å². The molecular weight excluding hydrogens is 308 g/mol. The minimum atomic E-state index is -1.29. The van der Waals surface area contributed by atoms with Crippen LogP contribution in [0.3, 0.4) is 0 Å². The van der Waals surface area contributed by atoms with Crippen LogP contribution in [0, 0.1) is 0 Å². The SMILES string of the molecule is CC(C)(C)[S@@](=O)N=Cc1ccc(C(=O)Nc2ccccc2)cc1. The van der Waals surface area contributed by atoms with Crippen LogP contribution >= 0.6 is 0 Å². The Morgan fingerprint density at radius 3 is 2.22 bits per heavy atom. The molecule has 0 unspecified atom stereocenters. The van der Waals surface area contributed by atoms with Crippen LogP contribution in [0.25, 0.3) is 0 Å². The minimum Gasteiger partial charge on any atom is -0.322 e. The number of para-hydroxylation sites is 1. The zero-order chi connectivity index (χ0) is 16.9. The van der Waals surface area contributed by atoms with E-state index in [1.807, 2.05) is 51.1 Å². The first-order valence-corrected chi connectivity index (χ1v) is 8.39. The van der Waals surface area contributed by atoms with E-state index in [2.05, 4.69) is 9.71 Å². The number of nitrogens with zero attached hydrogens (tertiary/aromatic N) is 1. The third-order valence-electron chi connectivity index (χ3n) is 3.03. The van der Waals surface area contributed by atoms with Crippen molar-refractivity contribution in [2.24, 2.45) is 4.40 Å². The molecule has 0 heterocycles. The maximum Gasteiger partial charge on any atom is 0.255 e. The summed E-state index contributed by atoms with van der Waals surface area (Å²) in [5.74, 6) is -0.169. The van der Waals surface area contributed by atoms with Gasteiger partial charge in [0, 0.05) is 17.5 Å². The smallest absolute Gasteiger partial charge is 0.255 e. The molecule has 23 heavy (non-hydrogen) atoms. The van der Waals surface area contributed by atoms with Crippen molar-refractivity contribution >= 4 is 28.8 Å². The number of carbonyl (C=O) groups is 1. The zero-order valence-corrected chi connectivity index (χ0v) is 14.3. The van der Waals surface area contributed by atoms with Gasteiger partial charge in [-0.05, 0) is 50.6 Å². The van der Waals surface area contributed by atoms with Gasteiger partial charge in [-0.3, -0.25) is 4.79 Å². The fourth-order valence-corrected chi connectivity index (χ4v) is 2.25. The van der Waals surface area contributed by atoms with Gasteiger partial charge in [0.15, 0.2) is 0 Å². The predicted molar refractivity (Wildman–Crippen MR) is 96.3 cm³/mol. The molecule has 5 heteroatoms. The normalized spacial score (nSPS) is 13.0. The van der Waals surface area contributed by atoms with E-state index in [0.29, 0.717) is 5.56 Å². The maximum atomic E-state index is 12.1. The number of hydrogen-bond donors (Lipinski definition) is 1. The summed E-state index contributed by atoms with van der Waals surface area (Å²) in [5, 5.41) is 2.83. The first-order valence-electron chi connectivity index (χ1n) is 7.29. The Labute approximate surface area is 139 Å². The van der Waals surface area contributed by atoms with Gasteiger partial charge in [-0.2, -0.15) is 4.40 Å². The van der Waals surface area contributed by atoms with Crippen LogP contribution in [0.2, 0.25) is 0 Å². The van der Waals surface area contributed by atoms with Gasteiger partial charge in [-0.15, -0.1) is 0 Å². The molecule has 1 amide bonds. The Morgan fingerprint density at radius 1 is 1.04 bits per heavy atom. The molecule has 1 atom stereocenters. The number of benzene rings is 2. The molecule has 0 saturated heterocycles. The van der Waals surface area contributed by atoms with Gasteiger partial charge in [0.2, 0.25) is 0 Å². The second-order valence-corrected chi connectivity index (χ2v) is 7.97. The largest absolute Gasteiger partial charge is 0.322 e. The highest BCUT2D eigenvalue weighted by Crippen LogP contribution is 2.13. The Morgan fingerprint density at radius 2 is 1.65 bits per heavy atom. The lowest BCUT2D eigenvalue weighted by atomic mass is 10.1. The molecule has 120 valence electrons. The number of anilines is 1. The first kappa shape index (κ1) is 17.1. The Kier molecular flexibility index (Phi) is 5.45. The van der Waals surface area contributed by atoms with Crippen LogP contribution in [0.1, 0.15) is 36.7 Å². The number of rotatable bonds is 4. The third-order valence-corrected chi connectivity index (χ3v) is 4.37. The van der Waals surface area contributed by atoms with Crippen LogP contribution in [-0.2, 0) is 11.0 Å². The zero-order valence-electron chi connectivity index (χ0n) is 13.4. The Bertz CT molecular complexity index is 717. The van der Waals surface area contributed by atoms with E-state index in [0.717, 1.165) is 11.3 Å². The van der Waals surface area contributed by atoms with E-state index in [-0.39, 0.29) is 10.7 Å². The number of amides is 1. The molecule has 2 rings (SSSR count). The van der Waals surface area contributed by atoms with E-state index in [1.54, 1.807) is 30.5 Å². The summed E-state index contributed by atoms with van der Waals surface area (Å²) in [6.45, 7) is 5.62. The summed E-state index contributed by atoms with van der Waals surface area (Å²) in [6.07, 6.45) is 1.57. The standard InChI is InChI=1S/C18H20N2O2S/c1-18(2,3)23(22)19-13-14-9-11-15(12-10-14)17(21)20-16-7-5-4-6-8-16/h4-13H,1-3H3,(H,20,21)/t23-/m1/s1. The van der Waals surface area contributed by atoms with Gasteiger partial charge in [0.05, 0.1) is 4.75 Å². The van der Waals surface area contributed by atoms with E-state index in [1.165, 1.54) is 0 Å². The summed E-state index contributed by atoms with van der Waals surface area (Å²) in [6, 6.07) is 16.3. The average molecular weight is 328 g/mol. The second-order valence-electron chi connectivity index (χ2n) is 6.04. The molecule has 2 aromatic rings. The van der Waals surface area contributed by atoms with E-state index < -0.39 is 11.0 Å². The summed E-state index contributed by atoms with van der Waals surface area (Å²) in [5.41, 5.74) is 2.12. The maximum absolute atomic E-state index is 12.1. The molecule has 2 aromatic carbocycles. The quantitative estimate of drug-likeness (QED) is 0.867. The van der Waals surface area contributed by atoms with Gasteiger partial charge in [-0.25, -0.2) is 4.21 Å². The fraction of sp³-hybridized carbons (Fsp3) is 0.222. The fourth-order valence-electron chi connectivity index (χ4n) is 1.71. The van der Waals surface area contributed by atoms with E-state index in [9.17, 15) is 9.00 Å². The Balaban J connectivity index is 2.03. The van der Waals surface area contributed by atoms with E-state index in [4.69, 9.17) is 0 Å². The average Bonchev–Trinajstić information content (AvgIpc) is 2.53. The molecule has 0 aliphatic heterocycles. The van der Waals surface area contributed by atoms with Crippen LogP contribution in [0.5, 0.6) is 0 Å². The highest BCUT2D eigenvalue weighted by molar-refractivity contribution is 7.85.